The van der Waals surface area contributed by atoms with Crippen LogP contribution in [0.25, 0.3) is 22.4 Å². The number of rotatable bonds is 4. The van der Waals surface area contributed by atoms with Crippen LogP contribution in [-0.2, 0) is 0 Å². The summed E-state index contributed by atoms with van der Waals surface area (Å²) in [6.45, 7) is 1.21. The van der Waals surface area contributed by atoms with Gasteiger partial charge in [0.05, 0.1) is 12.2 Å². The van der Waals surface area contributed by atoms with Crippen LogP contribution in [0.1, 0.15) is 47.5 Å². The number of hydrogen-bond acceptors (Lipinski definition) is 7. The molecule has 4 aromatic rings. The molecule has 0 spiro atoms. The molecule has 0 bridgehead atoms. The first-order chi connectivity index (χ1) is 14.8. The molecule has 1 saturated heterocycles. The number of carbonyl (C=O) groups excluding carboxylic acids is 1. The lowest BCUT2D eigenvalue weighted by Crippen LogP contribution is -2.30. The van der Waals surface area contributed by atoms with Crippen molar-refractivity contribution in [2.45, 2.75) is 31.2 Å². The Labute approximate surface area is 171 Å². The SMILES string of the molecule is O=C(c1nccc2ccccc12)N1CCC(n2cc(-c3nc(C4CC4)no3)nn2)C1. The maximum absolute atomic E-state index is 13.1. The van der Waals surface area contributed by atoms with Gasteiger partial charge in [-0.15, -0.1) is 5.10 Å². The number of aromatic nitrogens is 6. The van der Waals surface area contributed by atoms with E-state index in [4.69, 9.17) is 4.52 Å². The second kappa shape index (κ2) is 6.72. The van der Waals surface area contributed by atoms with E-state index in [1.807, 2.05) is 41.4 Å². The van der Waals surface area contributed by atoms with Crippen LogP contribution in [0, 0.1) is 0 Å². The molecule has 2 aliphatic rings. The van der Waals surface area contributed by atoms with E-state index in [2.05, 4.69) is 25.4 Å². The Balaban J connectivity index is 1.20. The van der Waals surface area contributed by atoms with Crippen molar-refractivity contribution in [3.8, 4) is 11.6 Å². The van der Waals surface area contributed by atoms with Crippen molar-refractivity contribution in [2.75, 3.05) is 13.1 Å². The van der Waals surface area contributed by atoms with Gasteiger partial charge in [-0.25, -0.2) is 4.68 Å². The Morgan fingerprint density at radius 3 is 2.93 bits per heavy atom. The van der Waals surface area contributed by atoms with Crippen molar-refractivity contribution < 1.29 is 9.32 Å². The first kappa shape index (κ1) is 17.3. The topological polar surface area (TPSA) is 103 Å². The van der Waals surface area contributed by atoms with Crippen molar-refractivity contribution in [2.24, 2.45) is 0 Å². The zero-order valence-electron chi connectivity index (χ0n) is 16.2. The highest BCUT2D eigenvalue weighted by Crippen LogP contribution is 2.38. The van der Waals surface area contributed by atoms with Crippen LogP contribution in [0.4, 0.5) is 0 Å². The average Bonchev–Trinajstić information content (AvgIpc) is 3.18. The Morgan fingerprint density at radius 1 is 1.13 bits per heavy atom. The molecular formula is C21H19N7O2. The van der Waals surface area contributed by atoms with Crippen LogP contribution in [0.2, 0.25) is 0 Å². The largest absolute Gasteiger partial charge is 0.335 e. The molecule has 0 N–H and O–H groups in total. The minimum absolute atomic E-state index is 0.0519. The Morgan fingerprint density at radius 2 is 2.03 bits per heavy atom. The number of pyridine rings is 1. The minimum atomic E-state index is -0.0550. The zero-order valence-corrected chi connectivity index (χ0v) is 16.2. The molecule has 1 aromatic carbocycles. The van der Waals surface area contributed by atoms with Crippen LogP contribution in [0.15, 0.2) is 47.2 Å². The lowest BCUT2D eigenvalue weighted by atomic mass is 10.1. The maximum atomic E-state index is 13.1. The van der Waals surface area contributed by atoms with Crippen LogP contribution in [0.5, 0.6) is 0 Å². The summed E-state index contributed by atoms with van der Waals surface area (Å²) in [4.78, 5) is 23.7. The van der Waals surface area contributed by atoms with Crippen molar-refractivity contribution in [1.29, 1.82) is 0 Å². The predicted octanol–water partition coefficient (Wildman–Crippen LogP) is 2.84. The molecule has 1 aliphatic heterocycles. The van der Waals surface area contributed by atoms with E-state index in [9.17, 15) is 4.79 Å². The quantitative estimate of drug-likeness (QED) is 0.518. The fourth-order valence-corrected chi connectivity index (χ4v) is 3.98. The van der Waals surface area contributed by atoms with Gasteiger partial charge in [0.1, 0.15) is 5.69 Å². The molecule has 1 atom stereocenters. The van der Waals surface area contributed by atoms with Crippen LogP contribution >= 0.6 is 0 Å². The van der Waals surface area contributed by atoms with E-state index in [0.29, 0.717) is 36.3 Å². The molecule has 1 aliphatic carbocycles. The van der Waals surface area contributed by atoms with Gasteiger partial charge in [-0.05, 0) is 30.7 Å². The summed E-state index contributed by atoms with van der Waals surface area (Å²) in [5.41, 5.74) is 1.06. The smallest absolute Gasteiger partial charge is 0.280 e. The van der Waals surface area contributed by atoms with E-state index in [0.717, 1.165) is 35.9 Å². The summed E-state index contributed by atoms with van der Waals surface area (Å²) in [5, 5.41) is 14.4. The van der Waals surface area contributed by atoms with Gasteiger partial charge in [0, 0.05) is 30.6 Å². The molecule has 150 valence electrons. The number of benzene rings is 1. The van der Waals surface area contributed by atoms with E-state index in [1.54, 1.807) is 10.9 Å². The molecule has 6 rings (SSSR count). The second-order valence-electron chi connectivity index (χ2n) is 7.89. The van der Waals surface area contributed by atoms with Crippen molar-refractivity contribution in [3.63, 3.8) is 0 Å². The van der Waals surface area contributed by atoms with E-state index in [-0.39, 0.29) is 11.9 Å². The van der Waals surface area contributed by atoms with Crippen LogP contribution in [-0.4, -0.2) is 54.0 Å². The molecule has 9 nitrogen and oxygen atoms in total. The number of nitrogens with zero attached hydrogens (tertiary/aromatic N) is 7. The summed E-state index contributed by atoms with van der Waals surface area (Å²) in [5.74, 6) is 1.52. The van der Waals surface area contributed by atoms with Gasteiger partial charge in [-0.3, -0.25) is 9.78 Å². The fraction of sp³-hybridized carbons (Fsp3) is 0.333. The Hall–Kier alpha value is -3.62. The highest BCUT2D eigenvalue weighted by Gasteiger charge is 2.32. The molecule has 2 fully saturated rings. The zero-order chi connectivity index (χ0) is 20.1. The molecule has 1 saturated carbocycles. The van der Waals surface area contributed by atoms with E-state index in [1.165, 1.54) is 0 Å². The molecule has 0 radical (unpaired) electrons. The predicted molar refractivity (Wildman–Crippen MR) is 107 cm³/mol. The average molecular weight is 401 g/mol. The molecule has 30 heavy (non-hydrogen) atoms. The molecule has 3 aromatic heterocycles. The number of likely N-dealkylation sites (tertiary alicyclic amines) is 1. The fourth-order valence-electron chi connectivity index (χ4n) is 3.98. The highest BCUT2D eigenvalue weighted by atomic mass is 16.5. The van der Waals surface area contributed by atoms with Crippen molar-refractivity contribution in [3.05, 3.63) is 54.2 Å². The lowest BCUT2D eigenvalue weighted by molar-refractivity contribution is 0.0783. The third-order valence-electron chi connectivity index (χ3n) is 5.81. The van der Waals surface area contributed by atoms with Gasteiger partial charge >= 0.3 is 0 Å². The summed E-state index contributed by atoms with van der Waals surface area (Å²) in [6.07, 6.45) is 6.54. The Kier molecular flexibility index (Phi) is 3.87. The molecule has 1 unspecified atom stereocenters. The monoisotopic (exact) mass is 401 g/mol. The number of carbonyl (C=O) groups is 1. The maximum Gasteiger partial charge on any atom is 0.280 e. The highest BCUT2D eigenvalue weighted by molar-refractivity contribution is 6.05. The molecule has 9 heteroatoms. The summed E-state index contributed by atoms with van der Waals surface area (Å²) < 4.78 is 7.13. The summed E-state index contributed by atoms with van der Waals surface area (Å²) >= 11 is 0. The van der Waals surface area contributed by atoms with Gasteiger partial charge in [0.2, 0.25) is 0 Å². The van der Waals surface area contributed by atoms with Gasteiger partial charge in [0.15, 0.2) is 11.5 Å². The van der Waals surface area contributed by atoms with Gasteiger partial charge in [-0.2, -0.15) is 4.98 Å². The van der Waals surface area contributed by atoms with Gasteiger partial charge < -0.3 is 9.42 Å². The third-order valence-corrected chi connectivity index (χ3v) is 5.81. The summed E-state index contributed by atoms with van der Waals surface area (Å²) in [7, 11) is 0. The van der Waals surface area contributed by atoms with E-state index < -0.39 is 0 Å². The van der Waals surface area contributed by atoms with E-state index >= 15 is 0 Å². The van der Waals surface area contributed by atoms with Crippen molar-refractivity contribution >= 4 is 16.7 Å². The standard InChI is InChI=1S/C21H19N7O2/c29-21(18-16-4-2-1-3-13(16)7-9-22-18)27-10-8-15(11-27)28-12-17(24-26-28)20-23-19(25-30-20)14-5-6-14/h1-4,7,9,12,14-15H,5-6,8,10-11H2. The normalized spacial score (nSPS) is 18.9. The molecule has 4 heterocycles. The summed E-state index contributed by atoms with van der Waals surface area (Å²) in [6, 6.07) is 9.79. The van der Waals surface area contributed by atoms with Crippen molar-refractivity contribution in [1.82, 2.24) is 35.0 Å². The minimum Gasteiger partial charge on any atom is -0.335 e. The number of fused-ring (bicyclic) bond motifs is 1. The first-order valence-electron chi connectivity index (χ1n) is 10.1. The molecule has 1 amide bonds. The number of hydrogen-bond donors (Lipinski definition) is 0. The molecular weight excluding hydrogens is 382 g/mol. The van der Waals surface area contributed by atoms with Crippen LogP contribution in [0.3, 0.4) is 0 Å². The first-order valence-corrected chi connectivity index (χ1v) is 10.1. The Bertz CT molecular complexity index is 1240. The second-order valence-corrected chi connectivity index (χ2v) is 7.89. The van der Waals surface area contributed by atoms with Crippen LogP contribution < -0.4 is 0 Å². The number of amides is 1. The van der Waals surface area contributed by atoms with Gasteiger partial charge in [0.25, 0.3) is 11.8 Å². The van der Waals surface area contributed by atoms with Gasteiger partial charge in [-0.1, -0.05) is 34.6 Å². The lowest BCUT2D eigenvalue weighted by Gasteiger charge is -2.17. The third kappa shape index (κ3) is 2.94.